The maximum atomic E-state index is 11.3. The molecule has 0 rings (SSSR count). The van der Waals surface area contributed by atoms with E-state index in [0.29, 0.717) is 18.4 Å². The highest BCUT2D eigenvalue weighted by Crippen LogP contribution is 2.05. The van der Waals surface area contributed by atoms with Crippen LogP contribution in [-0.4, -0.2) is 25.7 Å². The van der Waals surface area contributed by atoms with Crippen LogP contribution in [0.4, 0.5) is 0 Å². The average Bonchev–Trinajstić information content (AvgIpc) is 2.22. The van der Waals surface area contributed by atoms with Gasteiger partial charge in [-0.25, -0.2) is 4.79 Å². The van der Waals surface area contributed by atoms with E-state index < -0.39 is 5.97 Å². The third kappa shape index (κ3) is 6.22. The monoisotopic (exact) mass is 228 g/mol. The van der Waals surface area contributed by atoms with Crippen LogP contribution in [0.3, 0.4) is 0 Å². The van der Waals surface area contributed by atoms with E-state index >= 15 is 0 Å². The summed E-state index contributed by atoms with van der Waals surface area (Å²) >= 11 is 0. The first-order valence-electron chi connectivity index (χ1n) is 5.44. The van der Waals surface area contributed by atoms with Crippen molar-refractivity contribution in [3.05, 3.63) is 11.6 Å². The molecule has 0 saturated heterocycles. The Hall–Kier alpha value is -1.32. The van der Waals surface area contributed by atoms with Gasteiger partial charge in [-0.3, -0.25) is 4.79 Å². The Morgan fingerprint density at radius 2 is 1.94 bits per heavy atom. The van der Waals surface area contributed by atoms with Gasteiger partial charge >= 0.3 is 11.9 Å². The van der Waals surface area contributed by atoms with Crippen molar-refractivity contribution < 1.29 is 19.1 Å². The number of rotatable bonds is 6. The molecule has 0 aromatic carbocycles. The fraction of sp³-hybridized carbons (Fsp3) is 0.667. The molecule has 16 heavy (non-hydrogen) atoms. The standard InChI is InChI=1S/C12H20O4/c1-5-6-10(12(14)15-4)8-16-11(13)7-9(2)3/h6,9H,5,7-8H2,1-4H3. The first-order valence-corrected chi connectivity index (χ1v) is 5.44. The lowest BCUT2D eigenvalue weighted by Gasteiger charge is -2.08. The molecule has 0 bridgehead atoms. The van der Waals surface area contributed by atoms with Gasteiger partial charge in [-0.2, -0.15) is 0 Å². The van der Waals surface area contributed by atoms with Crippen molar-refractivity contribution in [2.24, 2.45) is 5.92 Å². The second kappa shape index (κ2) is 7.91. The quantitative estimate of drug-likeness (QED) is 0.516. The van der Waals surface area contributed by atoms with Gasteiger partial charge in [0.15, 0.2) is 0 Å². The van der Waals surface area contributed by atoms with Gasteiger partial charge in [0, 0.05) is 6.42 Å². The summed E-state index contributed by atoms with van der Waals surface area (Å²) in [6, 6.07) is 0. The topological polar surface area (TPSA) is 52.6 Å². The molecule has 92 valence electrons. The van der Waals surface area contributed by atoms with E-state index in [1.165, 1.54) is 7.11 Å². The number of ether oxygens (including phenoxy) is 2. The van der Waals surface area contributed by atoms with E-state index in [0.717, 1.165) is 0 Å². The lowest BCUT2D eigenvalue weighted by Crippen LogP contribution is -2.15. The summed E-state index contributed by atoms with van der Waals surface area (Å²) in [5.74, 6) is -0.482. The normalized spacial score (nSPS) is 11.4. The molecule has 0 aromatic rings. The fourth-order valence-electron chi connectivity index (χ4n) is 1.13. The minimum absolute atomic E-state index is 0.00787. The van der Waals surface area contributed by atoms with Crippen molar-refractivity contribution in [2.75, 3.05) is 13.7 Å². The zero-order valence-corrected chi connectivity index (χ0v) is 10.4. The second-order valence-electron chi connectivity index (χ2n) is 3.89. The van der Waals surface area contributed by atoms with Gasteiger partial charge in [0.05, 0.1) is 12.7 Å². The van der Waals surface area contributed by atoms with Crippen LogP contribution < -0.4 is 0 Å². The first kappa shape index (κ1) is 14.7. The van der Waals surface area contributed by atoms with Crippen LogP contribution in [0.5, 0.6) is 0 Å². The van der Waals surface area contributed by atoms with Crippen LogP contribution in [0.1, 0.15) is 33.6 Å². The third-order valence-corrected chi connectivity index (χ3v) is 1.86. The summed E-state index contributed by atoms with van der Waals surface area (Å²) in [5.41, 5.74) is 0.391. The van der Waals surface area contributed by atoms with E-state index in [4.69, 9.17) is 4.74 Å². The highest BCUT2D eigenvalue weighted by Gasteiger charge is 2.12. The molecule has 0 aliphatic carbocycles. The zero-order chi connectivity index (χ0) is 12.6. The Morgan fingerprint density at radius 3 is 2.38 bits per heavy atom. The molecule has 0 amide bonds. The van der Waals surface area contributed by atoms with E-state index in [1.54, 1.807) is 6.08 Å². The fourth-order valence-corrected chi connectivity index (χ4v) is 1.13. The smallest absolute Gasteiger partial charge is 0.336 e. The van der Waals surface area contributed by atoms with Crippen LogP contribution in [0, 0.1) is 5.92 Å². The molecule has 0 aliphatic heterocycles. The molecule has 0 N–H and O–H groups in total. The van der Waals surface area contributed by atoms with Crippen LogP contribution in [-0.2, 0) is 19.1 Å². The Balaban J connectivity index is 4.18. The number of allylic oxidation sites excluding steroid dienone is 1. The summed E-state index contributed by atoms with van der Waals surface area (Å²) < 4.78 is 9.56. The summed E-state index contributed by atoms with van der Waals surface area (Å²) in [6.07, 6.45) is 2.77. The van der Waals surface area contributed by atoms with E-state index in [9.17, 15) is 9.59 Å². The number of carbonyl (C=O) groups excluding carboxylic acids is 2. The minimum Gasteiger partial charge on any atom is -0.466 e. The molecule has 0 radical (unpaired) electrons. The average molecular weight is 228 g/mol. The number of carbonyl (C=O) groups is 2. The van der Waals surface area contributed by atoms with Crippen molar-refractivity contribution >= 4 is 11.9 Å². The van der Waals surface area contributed by atoms with Gasteiger partial charge in [-0.15, -0.1) is 0 Å². The van der Waals surface area contributed by atoms with Crippen LogP contribution in [0.2, 0.25) is 0 Å². The number of hydrogen-bond acceptors (Lipinski definition) is 4. The molecule has 4 nitrogen and oxygen atoms in total. The summed E-state index contributed by atoms with van der Waals surface area (Å²) in [6.45, 7) is 5.76. The molecular weight excluding hydrogens is 208 g/mol. The third-order valence-electron chi connectivity index (χ3n) is 1.86. The van der Waals surface area contributed by atoms with Crippen molar-refractivity contribution in [2.45, 2.75) is 33.6 Å². The van der Waals surface area contributed by atoms with Gasteiger partial charge in [0.25, 0.3) is 0 Å². The van der Waals surface area contributed by atoms with Crippen LogP contribution >= 0.6 is 0 Å². The van der Waals surface area contributed by atoms with Gasteiger partial charge in [-0.05, 0) is 12.3 Å². The zero-order valence-electron chi connectivity index (χ0n) is 10.4. The molecule has 0 fully saturated rings. The molecule has 0 unspecified atom stereocenters. The van der Waals surface area contributed by atoms with Crippen molar-refractivity contribution in [3.63, 3.8) is 0 Å². The molecule has 4 heteroatoms. The number of esters is 2. The summed E-state index contributed by atoms with van der Waals surface area (Å²) in [7, 11) is 1.31. The van der Waals surface area contributed by atoms with Gasteiger partial charge in [0.1, 0.15) is 6.61 Å². The minimum atomic E-state index is -0.445. The first-order chi connectivity index (χ1) is 7.51. The highest BCUT2D eigenvalue weighted by molar-refractivity contribution is 5.89. The maximum Gasteiger partial charge on any atom is 0.336 e. The van der Waals surface area contributed by atoms with Crippen LogP contribution in [0.25, 0.3) is 0 Å². The molecule has 0 atom stereocenters. The summed E-state index contributed by atoms with van der Waals surface area (Å²) in [4.78, 5) is 22.5. The number of hydrogen-bond donors (Lipinski definition) is 0. The summed E-state index contributed by atoms with van der Waals surface area (Å²) in [5, 5.41) is 0. The lowest BCUT2D eigenvalue weighted by molar-refractivity contribution is -0.144. The Bertz CT molecular complexity index is 266. The van der Waals surface area contributed by atoms with E-state index in [1.807, 2.05) is 20.8 Å². The molecule has 0 aliphatic rings. The molecule has 0 saturated carbocycles. The Labute approximate surface area is 96.6 Å². The largest absolute Gasteiger partial charge is 0.466 e. The van der Waals surface area contributed by atoms with Crippen molar-refractivity contribution in [3.8, 4) is 0 Å². The highest BCUT2D eigenvalue weighted by atomic mass is 16.5. The SMILES string of the molecule is CCC=C(COC(=O)CC(C)C)C(=O)OC. The Kier molecular flexibility index (Phi) is 7.25. The van der Waals surface area contributed by atoms with Gasteiger partial charge in [0.2, 0.25) is 0 Å². The Morgan fingerprint density at radius 1 is 1.31 bits per heavy atom. The van der Waals surface area contributed by atoms with E-state index in [2.05, 4.69) is 4.74 Å². The predicted octanol–water partition coefficient (Wildman–Crippen LogP) is 2.09. The second-order valence-corrected chi connectivity index (χ2v) is 3.89. The molecule has 0 aromatic heterocycles. The molecular formula is C12H20O4. The van der Waals surface area contributed by atoms with Crippen molar-refractivity contribution in [1.82, 2.24) is 0 Å². The van der Waals surface area contributed by atoms with Crippen LogP contribution in [0.15, 0.2) is 11.6 Å². The number of methoxy groups -OCH3 is 1. The maximum absolute atomic E-state index is 11.3. The molecule has 0 heterocycles. The van der Waals surface area contributed by atoms with Crippen molar-refractivity contribution in [1.29, 1.82) is 0 Å². The predicted molar refractivity (Wildman–Crippen MR) is 60.8 cm³/mol. The van der Waals surface area contributed by atoms with Gasteiger partial charge in [-0.1, -0.05) is 26.8 Å². The lowest BCUT2D eigenvalue weighted by atomic mass is 10.1. The molecule has 0 spiro atoms. The van der Waals surface area contributed by atoms with Gasteiger partial charge < -0.3 is 9.47 Å². The van der Waals surface area contributed by atoms with E-state index in [-0.39, 0.29) is 18.5 Å².